The van der Waals surface area contributed by atoms with Gasteiger partial charge in [-0.05, 0) is 24.3 Å². The van der Waals surface area contributed by atoms with E-state index in [0.29, 0.717) is 29.0 Å². The molecule has 1 aromatic carbocycles. The standard InChI is InChI=1S/C16H15N3O4/c20-15(17-8-11-4-3-7-23-11)10-22-9-14-18-13-6-2-1-5-12(13)16(21)19-14/h1-7H,8-10H2,(H,17,20)(H,18,19,21). The summed E-state index contributed by atoms with van der Waals surface area (Å²) in [7, 11) is 0. The molecule has 0 saturated carbocycles. The molecule has 0 spiro atoms. The van der Waals surface area contributed by atoms with Crippen LogP contribution in [0.2, 0.25) is 0 Å². The number of aromatic amines is 1. The second-order valence-electron chi connectivity index (χ2n) is 4.88. The van der Waals surface area contributed by atoms with Crippen LogP contribution in [0.4, 0.5) is 0 Å². The van der Waals surface area contributed by atoms with Crippen LogP contribution < -0.4 is 10.9 Å². The van der Waals surface area contributed by atoms with Crippen LogP contribution in [0.3, 0.4) is 0 Å². The van der Waals surface area contributed by atoms with Crippen LogP contribution in [-0.4, -0.2) is 22.5 Å². The summed E-state index contributed by atoms with van der Waals surface area (Å²) in [6.07, 6.45) is 1.54. The van der Waals surface area contributed by atoms with E-state index < -0.39 is 0 Å². The molecule has 3 aromatic rings. The quantitative estimate of drug-likeness (QED) is 0.716. The molecule has 0 aliphatic heterocycles. The van der Waals surface area contributed by atoms with Crippen molar-refractivity contribution in [3.8, 4) is 0 Å². The molecule has 0 bridgehead atoms. The van der Waals surface area contributed by atoms with Gasteiger partial charge in [0.25, 0.3) is 5.56 Å². The number of hydrogen-bond acceptors (Lipinski definition) is 5. The molecule has 2 N–H and O–H groups in total. The number of nitrogens with zero attached hydrogens (tertiary/aromatic N) is 1. The largest absolute Gasteiger partial charge is 0.467 e. The lowest BCUT2D eigenvalue weighted by molar-refractivity contribution is -0.126. The fraction of sp³-hybridized carbons (Fsp3) is 0.188. The minimum Gasteiger partial charge on any atom is -0.467 e. The number of carbonyl (C=O) groups excluding carboxylic acids is 1. The molecule has 0 radical (unpaired) electrons. The first kappa shape index (κ1) is 15.0. The maximum Gasteiger partial charge on any atom is 0.258 e. The molecule has 2 heterocycles. The summed E-state index contributed by atoms with van der Waals surface area (Å²) >= 11 is 0. The molecule has 0 saturated heterocycles. The van der Waals surface area contributed by atoms with Gasteiger partial charge in [-0.25, -0.2) is 4.98 Å². The molecule has 0 unspecified atom stereocenters. The van der Waals surface area contributed by atoms with Gasteiger partial charge >= 0.3 is 0 Å². The SMILES string of the molecule is O=C(COCc1nc2ccccc2c(=O)[nH]1)NCc1ccco1. The topological polar surface area (TPSA) is 97.2 Å². The number of H-pyrrole nitrogens is 1. The summed E-state index contributed by atoms with van der Waals surface area (Å²) in [5, 5.41) is 3.18. The number of para-hydroxylation sites is 1. The summed E-state index contributed by atoms with van der Waals surface area (Å²) < 4.78 is 10.4. The number of ether oxygens (including phenoxy) is 1. The Bertz CT molecular complexity index is 855. The first-order chi connectivity index (χ1) is 11.2. The van der Waals surface area contributed by atoms with Gasteiger partial charge in [0, 0.05) is 0 Å². The molecular formula is C16H15N3O4. The second-order valence-corrected chi connectivity index (χ2v) is 4.88. The number of aromatic nitrogens is 2. The monoisotopic (exact) mass is 313 g/mol. The van der Waals surface area contributed by atoms with Crippen molar-refractivity contribution < 1.29 is 13.9 Å². The van der Waals surface area contributed by atoms with Gasteiger partial charge in [0.1, 0.15) is 24.8 Å². The fourth-order valence-electron chi connectivity index (χ4n) is 2.09. The van der Waals surface area contributed by atoms with Crippen molar-refractivity contribution in [2.45, 2.75) is 13.2 Å². The number of rotatable bonds is 6. The van der Waals surface area contributed by atoms with Crippen LogP contribution in [0.15, 0.2) is 51.9 Å². The zero-order chi connectivity index (χ0) is 16.1. The Morgan fingerprint density at radius 3 is 2.96 bits per heavy atom. The molecule has 3 rings (SSSR count). The van der Waals surface area contributed by atoms with Gasteiger partial charge in [0.2, 0.25) is 5.91 Å². The van der Waals surface area contributed by atoms with Gasteiger partial charge in [0.15, 0.2) is 0 Å². The van der Waals surface area contributed by atoms with Crippen LogP contribution in [0.5, 0.6) is 0 Å². The first-order valence-electron chi connectivity index (χ1n) is 7.07. The van der Waals surface area contributed by atoms with E-state index in [1.807, 2.05) is 6.07 Å². The Labute approximate surface area is 131 Å². The Balaban J connectivity index is 1.52. The van der Waals surface area contributed by atoms with E-state index in [1.165, 1.54) is 0 Å². The van der Waals surface area contributed by atoms with Crippen molar-refractivity contribution in [1.29, 1.82) is 0 Å². The first-order valence-corrected chi connectivity index (χ1v) is 7.07. The molecule has 0 aliphatic carbocycles. The number of carbonyl (C=O) groups is 1. The maximum atomic E-state index is 11.9. The summed E-state index contributed by atoms with van der Waals surface area (Å²) in [4.78, 5) is 30.5. The molecule has 0 fully saturated rings. The highest BCUT2D eigenvalue weighted by Crippen LogP contribution is 2.06. The lowest BCUT2D eigenvalue weighted by atomic mass is 10.2. The average Bonchev–Trinajstić information content (AvgIpc) is 3.06. The van der Waals surface area contributed by atoms with Crippen molar-refractivity contribution in [3.05, 3.63) is 64.6 Å². The van der Waals surface area contributed by atoms with E-state index in [9.17, 15) is 9.59 Å². The third-order valence-corrected chi connectivity index (χ3v) is 3.17. The molecule has 7 heteroatoms. The minimum absolute atomic E-state index is 0.0498. The van der Waals surface area contributed by atoms with E-state index >= 15 is 0 Å². The molecule has 0 aliphatic rings. The number of nitrogens with one attached hydrogen (secondary N) is 2. The molecule has 1 amide bonds. The average molecular weight is 313 g/mol. The highest BCUT2D eigenvalue weighted by Gasteiger charge is 2.06. The minimum atomic E-state index is -0.274. The maximum absolute atomic E-state index is 11.9. The van der Waals surface area contributed by atoms with Crippen LogP contribution in [0, 0.1) is 0 Å². The van der Waals surface area contributed by atoms with E-state index in [-0.39, 0.29) is 24.7 Å². The highest BCUT2D eigenvalue weighted by atomic mass is 16.5. The van der Waals surface area contributed by atoms with Crippen molar-refractivity contribution in [1.82, 2.24) is 15.3 Å². The summed E-state index contributed by atoms with van der Waals surface area (Å²) in [5.41, 5.74) is 0.369. The lowest BCUT2D eigenvalue weighted by Crippen LogP contribution is -2.27. The van der Waals surface area contributed by atoms with Crippen LogP contribution in [0.25, 0.3) is 10.9 Å². The van der Waals surface area contributed by atoms with Crippen molar-refractivity contribution in [2.75, 3.05) is 6.61 Å². The highest BCUT2D eigenvalue weighted by molar-refractivity contribution is 5.77. The van der Waals surface area contributed by atoms with Gasteiger partial charge in [-0.15, -0.1) is 0 Å². The Hall–Kier alpha value is -2.93. The molecule has 23 heavy (non-hydrogen) atoms. The Morgan fingerprint density at radius 2 is 2.13 bits per heavy atom. The number of amides is 1. The van der Waals surface area contributed by atoms with Crippen LogP contribution in [0.1, 0.15) is 11.6 Å². The van der Waals surface area contributed by atoms with E-state index in [0.717, 1.165) is 0 Å². The zero-order valence-corrected chi connectivity index (χ0v) is 12.2. The van der Waals surface area contributed by atoms with Crippen molar-refractivity contribution >= 4 is 16.8 Å². The van der Waals surface area contributed by atoms with Crippen molar-refractivity contribution in [3.63, 3.8) is 0 Å². The molecule has 7 nitrogen and oxygen atoms in total. The molecular weight excluding hydrogens is 298 g/mol. The number of hydrogen-bond donors (Lipinski definition) is 2. The second kappa shape index (κ2) is 6.89. The van der Waals surface area contributed by atoms with Crippen molar-refractivity contribution in [2.24, 2.45) is 0 Å². The van der Waals surface area contributed by atoms with Gasteiger partial charge < -0.3 is 19.5 Å². The summed E-state index contributed by atoms with van der Waals surface area (Å²) in [6.45, 7) is 0.228. The number of fused-ring (bicyclic) bond motifs is 1. The molecule has 118 valence electrons. The molecule has 0 atom stereocenters. The van der Waals surface area contributed by atoms with Crippen LogP contribution >= 0.6 is 0 Å². The predicted octanol–water partition coefficient (Wildman–Crippen LogP) is 1.35. The number of benzene rings is 1. The van der Waals surface area contributed by atoms with Gasteiger partial charge in [0.05, 0.1) is 23.7 Å². The lowest BCUT2D eigenvalue weighted by Gasteiger charge is -2.05. The third-order valence-electron chi connectivity index (χ3n) is 3.17. The smallest absolute Gasteiger partial charge is 0.258 e. The number of furan rings is 1. The van der Waals surface area contributed by atoms with E-state index in [4.69, 9.17) is 9.15 Å². The van der Waals surface area contributed by atoms with E-state index in [1.54, 1.807) is 36.6 Å². The normalized spacial score (nSPS) is 10.8. The Morgan fingerprint density at radius 1 is 1.26 bits per heavy atom. The van der Waals surface area contributed by atoms with E-state index in [2.05, 4.69) is 15.3 Å². The predicted molar refractivity (Wildman–Crippen MR) is 82.6 cm³/mol. The summed E-state index contributed by atoms with van der Waals surface area (Å²) in [6, 6.07) is 10.6. The Kier molecular flexibility index (Phi) is 4.49. The molecule has 2 aromatic heterocycles. The van der Waals surface area contributed by atoms with Gasteiger partial charge in [-0.1, -0.05) is 12.1 Å². The summed E-state index contributed by atoms with van der Waals surface area (Å²) in [5.74, 6) is 0.774. The van der Waals surface area contributed by atoms with Gasteiger partial charge in [-0.3, -0.25) is 9.59 Å². The van der Waals surface area contributed by atoms with Gasteiger partial charge in [-0.2, -0.15) is 0 Å². The third kappa shape index (κ3) is 3.83. The zero-order valence-electron chi connectivity index (χ0n) is 12.2. The van der Waals surface area contributed by atoms with Crippen LogP contribution in [-0.2, 0) is 22.7 Å². The fourth-order valence-corrected chi connectivity index (χ4v) is 2.09.